The molecule has 0 aliphatic rings. The summed E-state index contributed by atoms with van der Waals surface area (Å²) in [4.78, 5) is 14.5. The first-order valence-electron chi connectivity index (χ1n) is 5.18. The van der Waals surface area contributed by atoms with Gasteiger partial charge in [0.15, 0.2) is 6.29 Å². The number of hydrogen-bond acceptors (Lipinski definition) is 5. The van der Waals surface area contributed by atoms with Crippen molar-refractivity contribution in [1.29, 1.82) is 0 Å². The molecule has 0 amide bonds. The molecule has 0 aliphatic carbocycles. The molecular weight excluding hydrogens is 232 g/mol. The Bertz CT molecular complexity index is 498. The predicted molar refractivity (Wildman–Crippen MR) is 68.7 cm³/mol. The molecule has 1 aromatic carbocycles. The minimum absolute atomic E-state index is 0.341. The number of hydrogen-bond donors (Lipinski definition) is 2. The number of benzene rings is 1. The molecule has 2 aromatic rings. The Kier molecular flexibility index (Phi) is 5.34. The molecule has 5 nitrogen and oxygen atoms in total. The lowest BCUT2D eigenvalue weighted by atomic mass is 10.3. The predicted octanol–water partition coefficient (Wildman–Crippen LogP) is 1.88. The molecule has 18 heavy (non-hydrogen) atoms. The fourth-order valence-electron chi connectivity index (χ4n) is 1.21. The van der Waals surface area contributed by atoms with E-state index in [1.54, 1.807) is 42.5 Å². The van der Waals surface area contributed by atoms with E-state index in [-0.39, 0.29) is 0 Å². The molecule has 94 valence electrons. The highest BCUT2D eigenvalue weighted by Crippen LogP contribution is 2.20. The summed E-state index contributed by atoms with van der Waals surface area (Å²) in [5, 5.41) is 7.00. The van der Waals surface area contributed by atoms with Gasteiger partial charge < -0.3 is 15.6 Å². The maximum atomic E-state index is 10.5. The molecule has 1 heterocycles. The highest BCUT2D eigenvalue weighted by molar-refractivity contribution is 5.71. The van der Waals surface area contributed by atoms with Gasteiger partial charge in [-0.1, -0.05) is 6.07 Å². The van der Waals surface area contributed by atoms with Crippen molar-refractivity contribution in [1.82, 2.24) is 4.98 Å². The average molecular weight is 246 g/mol. The third kappa shape index (κ3) is 3.88. The van der Waals surface area contributed by atoms with E-state index in [2.05, 4.69) is 4.98 Å². The van der Waals surface area contributed by atoms with Gasteiger partial charge in [0, 0.05) is 18.9 Å². The number of rotatable bonds is 3. The molecule has 1 aromatic heterocycles. The summed E-state index contributed by atoms with van der Waals surface area (Å²) in [6.07, 6.45) is 0.676. The molecule has 0 saturated carbocycles. The number of aldehydes is 1. The first-order valence-corrected chi connectivity index (χ1v) is 5.18. The number of nitrogen functional groups attached to an aromatic ring is 1. The zero-order valence-corrected chi connectivity index (χ0v) is 9.91. The van der Waals surface area contributed by atoms with Crippen molar-refractivity contribution in [2.45, 2.75) is 0 Å². The molecule has 0 spiro atoms. The highest BCUT2D eigenvalue weighted by atomic mass is 16.5. The lowest BCUT2D eigenvalue weighted by Crippen LogP contribution is -1.92. The average Bonchev–Trinajstić information content (AvgIpc) is 2.44. The Labute approximate surface area is 105 Å². The van der Waals surface area contributed by atoms with Crippen LogP contribution in [0.2, 0.25) is 0 Å². The molecule has 0 radical (unpaired) electrons. The van der Waals surface area contributed by atoms with Gasteiger partial charge in [-0.2, -0.15) is 0 Å². The number of carbonyl (C=O) groups is 1. The highest BCUT2D eigenvalue weighted by Gasteiger charge is 1.99. The lowest BCUT2D eigenvalue weighted by molar-refractivity contribution is 0.111. The van der Waals surface area contributed by atoms with Crippen LogP contribution in [-0.2, 0) is 0 Å². The van der Waals surface area contributed by atoms with Gasteiger partial charge in [-0.25, -0.2) is 4.98 Å². The zero-order valence-electron chi connectivity index (χ0n) is 9.91. The van der Waals surface area contributed by atoms with Crippen LogP contribution >= 0.6 is 0 Å². The second kappa shape index (κ2) is 7.03. The number of aliphatic hydroxyl groups excluding tert-OH is 1. The maximum Gasteiger partial charge on any atom is 0.219 e. The zero-order chi connectivity index (χ0) is 13.4. The number of nitrogens with two attached hydrogens (primary N) is 1. The Hall–Kier alpha value is -2.40. The molecule has 5 heteroatoms. The number of nitrogens with zero attached hydrogens (tertiary/aromatic N) is 1. The van der Waals surface area contributed by atoms with E-state index in [1.807, 2.05) is 0 Å². The summed E-state index contributed by atoms with van der Waals surface area (Å²) >= 11 is 0. The number of aromatic nitrogens is 1. The first kappa shape index (κ1) is 13.7. The van der Waals surface area contributed by atoms with Crippen molar-refractivity contribution in [3.8, 4) is 11.6 Å². The molecule has 0 fully saturated rings. The molecule has 2 rings (SSSR count). The summed E-state index contributed by atoms with van der Waals surface area (Å²) in [7, 11) is 1.00. The van der Waals surface area contributed by atoms with Crippen LogP contribution in [0.25, 0.3) is 0 Å². The van der Waals surface area contributed by atoms with E-state index >= 15 is 0 Å². The summed E-state index contributed by atoms with van der Waals surface area (Å²) in [5.41, 5.74) is 6.56. The smallest absolute Gasteiger partial charge is 0.219 e. The van der Waals surface area contributed by atoms with Crippen molar-refractivity contribution in [2.75, 3.05) is 12.8 Å². The van der Waals surface area contributed by atoms with Crippen molar-refractivity contribution in [3.63, 3.8) is 0 Å². The number of carbonyl (C=O) groups excluding carboxylic acids is 1. The van der Waals surface area contributed by atoms with Gasteiger partial charge in [-0.05, 0) is 30.3 Å². The monoisotopic (exact) mass is 246 g/mol. The Morgan fingerprint density at radius 3 is 2.44 bits per heavy atom. The molecule has 0 bridgehead atoms. The number of anilines is 1. The molecule has 0 aliphatic heterocycles. The van der Waals surface area contributed by atoms with E-state index in [4.69, 9.17) is 15.6 Å². The Morgan fingerprint density at radius 2 is 1.83 bits per heavy atom. The maximum absolute atomic E-state index is 10.5. The molecular formula is C13H14N2O3. The second-order valence-electron chi connectivity index (χ2n) is 3.19. The summed E-state index contributed by atoms with van der Waals surface area (Å²) in [5.74, 6) is 1.01. The Morgan fingerprint density at radius 1 is 1.17 bits per heavy atom. The molecule has 3 N–H and O–H groups in total. The van der Waals surface area contributed by atoms with Crippen LogP contribution in [0, 0.1) is 0 Å². The van der Waals surface area contributed by atoms with E-state index < -0.39 is 0 Å². The minimum Gasteiger partial charge on any atom is -0.439 e. The van der Waals surface area contributed by atoms with Gasteiger partial charge in [-0.3, -0.25) is 4.79 Å². The van der Waals surface area contributed by atoms with Crippen LogP contribution in [0.3, 0.4) is 0 Å². The summed E-state index contributed by atoms with van der Waals surface area (Å²) in [6.45, 7) is 0. The largest absolute Gasteiger partial charge is 0.439 e. The van der Waals surface area contributed by atoms with E-state index in [0.29, 0.717) is 29.3 Å². The number of aliphatic hydroxyl groups is 1. The molecule has 0 saturated heterocycles. The van der Waals surface area contributed by atoms with Gasteiger partial charge >= 0.3 is 0 Å². The summed E-state index contributed by atoms with van der Waals surface area (Å²) < 4.78 is 5.45. The van der Waals surface area contributed by atoms with Crippen LogP contribution in [0.4, 0.5) is 5.69 Å². The van der Waals surface area contributed by atoms with E-state index in [9.17, 15) is 4.79 Å². The van der Waals surface area contributed by atoms with Crippen molar-refractivity contribution < 1.29 is 14.6 Å². The Balaban J connectivity index is 0.000000771. The van der Waals surface area contributed by atoms with Crippen molar-refractivity contribution in [3.05, 3.63) is 48.2 Å². The fraction of sp³-hybridized carbons (Fsp3) is 0.0769. The van der Waals surface area contributed by atoms with Crippen LogP contribution in [0.15, 0.2) is 42.5 Å². The molecule has 0 atom stereocenters. The first-order chi connectivity index (χ1) is 8.78. The standard InChI is InChI=1S/C12H10N2O2.CH4O/c13-9-4-6-11(7-5-9)16-12-3-1-2-10(8-15)14-12;1-2/h1-8H,13H2;2H,1H3. The SMILES string of the molecule is CO.Nc1ccc(Oc2cccc(C=O)n2)cc1. The van der Waals surface area contributed by atoms with Crippen LogP contribution in [-0.4, -0.2) is 23.5 Å². The third-order valence-corrected chi connectivity index (χ3v) is 1.97. The van der Waals surface area contributed by atoms with E-state index in [1.165, 1.54) is 0 Å². The van der Waals surface area contributed by atoms with Gasteiger partial charge in [0.25, 0.3) is 0 Å². The van der Waals surface area contributed by atoms with Gasteiger partial charge in [-0.15, -0.1) is 0 Å². The van der Waals surface area contributed by atoms with Crippen LogP contribution in [0.1, 0.15) is 10.5 Å². The second-order valence-corrected chi connectivity index (χ2v) is 3.19. The minimum atomic E-state index is 0.341. The topological polar surface area (TPSA) is 85.4 Å². The van der Waals surface area contributed by atoms with Crippen molar-refractivity contribution in [2.24, 2.45) is 0 Å². The quantitative estimate of drug-likeness (QED) is 0.638. The number of ether oxygens (including phenoxy) is 1. The van der Waals surface area contributed by atoms with Crippen LogP contribution in [0.5, 0.6) is 11.6 Å². The normalized spacial score (nSPS) is 9.00. The van der Waals surface area contributed by atoms with Gasteiger partial charge in [0.05, 0.1) is 0 Å². The van der Waals surface area contributed by atoms with Gasteiger partial charge in [0.2, 0.25) is 5.88 Å². The van der Waals surface area contributed by atoms with Crippen LogP contribution < -0.4 is 10.5 Å². The fourth-order valence-corrected chi connectivity index (χ4v) is 1.21. The summed E-state index contributed by atoms with van der Waals surface area (Å²) in [6, 6.07) is 12.0. The number of pyridine rings is 1. The van der Waals surface area contributed by atoms with Gasteiger partial charge in [0.1, 0.15) is 11.4 Å². The lowest BCUT2D eigenvalue weighted by Gasteiger charge is -2.04. The van der Waals surface area contributed by atoms with Crippen molar-refractivity contribution >= 4 is 12.0 Å². The third-order valence-electron chi connectivity index (χ3n) is 1.97. The van der Waals surface area contributed by atoms with E-state index in [0.717, 1.165) is 7.11 Å². The molecule has 0 unspecified atom stereocenters.